The zero-order valence-corrected chi connectivity index (χ0v) is 9.14. The maximum absolute atomic E-state index is 11.1. The van der Waals surface area contributed by atoms with Crippen molar-refractivity contribution in [2.45, 2.75) is 19.8 Å². The smallest absolute Gasteiger partial charge is 0.228 e. The second-order valence-electron chi connectivity index (χ2n) is 2.46. The normalized spacial score (nSPS) is 11.3. The molecule has 0 aliphatic heterocycles. The molecule has 1 aromatic rings. The average molecular weight is 219 g/mol. The highest BCUT2D eigenvalue weighted by molar-refractivity contribution is 7.33. The minimum Gasteiger partial charge on any atom is -0.228 e. The van der Waals surface area contributed by atoms with Gasteiger partial charge in [-0.2, -0.15) is 0 Å². The Balaban J connectivity index is 2.18. The van der Waals surface area contributed by atoms with Crippen LogP contribution in [0, 0.1) is 0 Å². The predicted molar refractivity (Wildman–Crippen MR) is 53.4 cm³/mol. The molecule has 5 heteroatoms. The van der Waals surface area contributed by atoms with Crippen LogP contribution in [-0.4, -0.2) is 6.61 Å². The van der Waals surface area contributed by atoms with Gasteiger partial charge in [0.05, 0.1) is 0 Å². The SMILES string of the molecule is CCCCO[P+](=O)Oc1ccsc1. The molecule has 0 amide bonds. The van der Waals surface area contributed by atoms with Gasteiger partial charge in [0, 0.05) is 9.95 Å². The van der Waals surface area contributed by atoms with Crippen LogP contribution in [0.15, 0.2) is 16.8 Å². The molecule has 72 valence electrons. The van der Waals surface area contributed by atoms with Crippen LogP contribution < -0.4 is 4.52 Å². The summed E-state index contributed by atoms with van der Waals surface area (Å²) in [4.78, 5) is 0. The molecule has 0 aliphatic rings. The largest absolute Gasteiger partial charge is 0.750 e. The number of hydrogen-bond donors (Lipinski definition) is 0. The Bertz CT molecular complexity index is 248. The molecule has 0 aliphatic carbocycles. The van der Waals surface area contributed by atoms with Gasteiger partial charge in [-0.05, 0) is 17.9 Å². The zero-order chi connectivity index (χ0) is 9.52. The Morgan fingerprint density at radius 2 is 2.46 bits per heavy atom. The summed E-state index contributed by atoms with van der Waals surface area (Å²) in [6.45, 7) is 2.55. The maximum atomic E-state index is 11.1. The van der Waals surface area contributed by atoms with Gasteiger partial charge >= 0.3 is 8.25 Å². The van der Waals surface area contributed by atoms with Crippen molar-refractivity contribution in [2.75, 3.05) is 6.61 Å². The van der Waals surface area contributed by atoms with E-state index in [9.17, 15) is 4.57 Å². The molecule has 1 rings (SSSR count). The van der Waals surface area contributed by atoms with Crippen molar-refractivity contribution in [1.29, 1.82) is 0 Å². The van der Waals surface area contributed by atoms with E-state index in [1.165, 1.54) is 11.3 Å². The second-order valence-corrected chi connectivity index (χ2v) is 4.13. The average Bonchev–Trinajstić information content (AvgIpc) is 2.57. The van der Waals surface area contributed by atoms with Crippen molar-refractivity contribution in [3.63, 3.8) is 0 Å². The number of unbranched alkanes of at least 4 members (excludes halogenated alkanes) is 1. The van der Waals surface area contributed by atoms with Gasteiger partial charge in [0.15, 0.2) is 0 Å². The summed E-state index contributed by atoms with van der Waals surface area (Å²) >= 11 is 1.50. The van der Waals surface area contributed by atoms with E-state index in [0.717, 1.165) is 12.8 Å². The topological polar surface area (TPSA) is 35.5 Å². The van der Waals surface area contributed by atoms with Crippen molar-refractivity contribution < 1.29 is 13.6 Å². The van der Waals surface area contributed by atoms with Crippen LogP contribution >= 0.6 is 19.6 Å². The summed E-state index contributed by atoms with van der Waals surface area (Å²) in [6, 6.07) is 1.76. The summed E-state index contributed by atoms with van der Waals surface area (Å²) in [7, 11) is -1.99. The summed E-state index contributed by atoms with van der Waals surface area (Å²) in [5.74, 6) is 0.614. The van der Waals surface area contributed by atoms with Gasteiger partial charge in [-0.15, -0.1) is 15.9 Å². The van der Waals surface area contributed by atoms with E-state index in [0.29, 0.717) is 12.4 Å². The van der Waals surface area contributed by atoms with E-state index < -0.39 is 8.25 Å². The van der Waals surface area contributed by atoms with Crippen LogP contribution in [0.3, 0.4) is 0 Å². The van der Waals surface area contributed by atoms with Crippen LogP contribution in [0.2, 0.25) is 0 Å². The second kappa shape index (κ2) is 6.08. The molecular formula is C8H12O3PS+. The van der Waals surface area contributed by atoms with Gasteiger partial charge in [-0.25, -0.2) is 4.52 Å². The van der Waals surface area contributed by atoms with Gasteiger partial charge in [-0.3, -0.25) is 0 Å². The first-order valence-corrected chi connectivity index (χ1v) is 6.17. The van der Waals surface area contributed by atoms with Crippen molar-refractivity contribution in [2.24, 2.45) is 0 Å². The van der Waals surface area contributed by atoms with Crippen molar-refractivity contribution in [3.8, 4) is 5.75 Å². The van der Waals surface area contributed by atoms with E-state index in [4.69, 9.17) is 9.05 Å². The van der Waals surface area contributed by atoms with Gasteiger partial charge in [0.25, 0.3) is 0 Å². The molecular weight excluding hydrogens is 207 g/mol. The minimum absolute atomic E-state index is 0.496. The Labute approximate surface area is 82.6 Å². The minimum atomic E-state index is -1.99. The first-order valence-electron chi connectivity index (χ1n) is 4.13. The first kappa shape index (κ1) is 10.6. The van der Waals surface area contributed by atoms with Crippen molar-refractivity contribution >= 4 is 19.6 Å². The molecule has 3 nitrogen and oxygen atoms in total. The molecule has 0 aromatic carbocycles. The van der Waals surface area contributed by atoms with Crippen LogP contribution in [0.4, 0.5) is 0 Å². The number of hydrogen-bond acceptors (Lipinski definition) is 4. The molecule has 13 heavy (non-hydrogen) atoms. The van der Waals surface area contributed by atoms with Crippen LogP contribution in [0.25, 0.3) is 0 Å². The fourth-order valence-electron chi connectivity index (χ4n) is 0.700. The lowest BCUT2D eigenvalue weighted by Crippen LogP contribution is -1.88. The molecule has 0 fully saturated rings. The third-order valence-electron chi connectivity index (χ3n) is 1.37. The molecule has 0 bridgehead atoms. The van der Waals surface area contributed by atoms with E-state index in [2.05, 4.69) is 6.92 Å². The lowest BCUT2D eigenvalue weighted by molar-refractivity contribution is 0.281. The first-order chi connectivity index (χ1) is 6.33. The van der Waals surface area contributed by atoms with Gasteiger partial charge in [-0.1, -0.05) is 13.3 Å². The standard InChI is InChI=1S/C8H12O3PS/c1-2-3-5-10-12(9)11-8-4-6-13-7-8/h4,6-7H,2-3,5H2,1H3/q+1. The third kappa shape index (κ3) is 4.36. The van der Waals surface area contributed by atoms with E-state index in [1.54, 1.807) is 11.4 Å². The number of rotatable bonds is 6. The Kier molecular flexibility index (Phi) is 4.98. The highest BCUT2D eigenvalue weighted by Crippen LogP contribution is 2.29. The number of thiophene rings is 1. The van der Waals surface area contributed by atoms with E-state index >= 15 is 0 Å². The molecule has 0 saturated carbocycles. The summed E-state index contributed by atoms with van der Waals surface area (Å²) in [5, 5.41) is 3.65. The van der Waals surface area contributed by atoms with Crippen molar-refractivity contribution in [3.05, 3.63) is 16.8 Å². The van der Waals surface area contributed by atoms with Gasteiger partial charge < -0.3 is 0 Å². The molecule has 1 atom stereocenters. The molecule has 0 saturated heterocycles. The third-order valence-corrected chi connectivity index (χ3v) is 2.78. The maximum Gasteiger partial charge on any atom is 0.750 e. The lowest BCUT2D eigenvalue weighted by atomic mass is 10.4. The highest BCUT2D eigenvalue weighted by Gasteiger charge is 2.21. The monoisotopic (exact) mass is 219 g/mol. The van der Waals surface area contributed by atoms with Gasteiger partial charge in [0.1, 0.15) is 6.61 Å². The van der Waals surface area contributed by atoms with Crippen molar-refractivity contribution in [1.82, 2.24) is 0 Å². The molecule has 1 heterocycles. The molecule has 1 aromatic heterocycles. The summed E-state index contributed by atoms with van der Waals surface area (Å²) < 4.78 is 21.0. The molecule has 0 N–H and O–H groups in total. The fraction of sp³-hybridized carbons (Fsp3) is 0.500. The Hall–Kier alpha value is -0.440. The molecule has 1 unspecified atom stereocenters. The highest BCUT2D eigenvalue weighted by atomic mass is 32.1. The van der Waals surface area contributed by atoms with Gasteiger partial charge in [0.2, 0.25) is 5.75 Å². The quantitative estimate of drug-likeness (QED) is 0.541. The van der Waals surface area contributed by atoms with Crippen LogP contribution in [-0.2, 0) is 9.09 Å². The van der Waals surface area contributed by atoms with E-state index in [1.807, 2.05) is 5.38 Å². The zero-order valence-electron chi connectivity index (χ0n) is 7.43. The summed E-state index contributed by atoms with van der Waals surface area (Å²) in [6.07, 6.45) is 1.94. The van der Waals surface area contributed by atoms with Crippen LogP contribution in [0.5, 0.6) is 5.75 Å². The van der Waals surface area contributed by atoms with E-state index in [-0.39, 0.29) is 0 Å². The lowest BCUT2D eigenvalue weighted by Gasteiger charge is -1.88. The molecule has 0 spiro atoms. The van der Waals surface area contributed by atoms with Crippen LogP contribution in [0.1, 0.15) is 19.8 Å². The summed E-state index contributed by atoms with van der Waals surface area (Å²) in [5.41, 5.74) is 0. The Morgan fingerprint density at radius 1 is 1.62 bits per heavy atom. The molecule has 0 radical (unpaired) electrons. The Morgan fingerprint density at radius 3 is 3.08 bits per heavy atom. The predicted octanol–water partition coefficient (Wildman–Crippen LogP) is 3.60. The fourth-order valence-corrected chi connectivity index (χ4v) is 1.94.